The van der Waals surface area contributed by atoms with Crippen LogP contribution in [0.3, 0.4) is 0 Å². The molecule has 1 heterocycles. The van der Waals surface area contributed by atoms with Crippen molar-refractivity contribution in [3.8, 4) is 0 Å². The van der Waals surface area contributed by atoms with Crippen molar-refractivity contribution in [2.45, 2.75) is 64.0 Å². The van der Waals surface area contributed by atoms with Gasteiger partial charge in [-0.1, -0.05) is 26.2 Å². The minimum Gasteiger partial charge on any atom is -0.329 e. The second-order valence-electron chi connectivity index (χ2n) is 5.42. The maximum atomic E-state index is 5.92. The molecule has 2 aliphatic rings. The number of fused-ring (bicyclic) bond motifs is 2. The van der Waals surface area contributed by atoms with E-state index in [0.717, 1.165) is 18.5 Å². The van der Waals surface area contributed by atoms with Crippen molar-refractivity contribution in [2.75, 3.05) is 13.1 Å². The number of piperidine rings is 1. The zero-order valence-electron chi connectivity index (χ0n) is 10.1. The van der Waals surface area contributed by atoms with Crippen LogP contribution >= 0.6 is 0 Å². The van der Waals surface area contributed by atoms with Gasteiger partial charge >= 0.3 is 0 Å². The van der Waals surface area contributed by atoms with E-state index < -0.39 is 0 Å². The summed E-state index contributed by atoms with van der Waals surface area (Å²) < 4.78 is 0. The fourth-order valence-corrected chi connectivity index (χ4v) is 3.46. The molecule has 1 saturated carbocycles. The third-order valence-electron chi connectivity index (χ3n) is 4.33. The molecule has 2 fully saturated rings. The molecule has 0 radical (unpaired) electrons. The maximum Gasteiger partial charge on any atom is 0.0221 e. The summed E-state index contributed by atoms with van der Waals surface area (Å²) in [6.07, 6.45) is 9.77. The van der Waals surface area contributed by atoms with Gasteiger partial charge < -0.3 is 5.73 Å². The predicted octanol–water partition coefficient (Wildman–Crippen LogP) is 2.38. The standard InChI is InChI=1S/C13H26N2/c1-2-3-4-5-13(9-14)15-10-11-6-7-12(15)8-11/h11-13H,2-10,14H2,1H3. The molecule has 0 aromatic rings. The van der Waals surface area contributed by atoms with Crippen LogP contribution in [0.15, 0.2) is 0 Å². The SMILES string of the molecule is CCCCCC(CN)N1CC2CCC1C2. The molecule has 0 spiro atoms. The highest BCUT2D eigenvalue weighted by Crippen LogP contribution is 2.39. The lowest BCUT2D eigenvalue weighted by molar-refractivity contribution is 0.143. The van der Waals surface area contributed by atoms with Crippen LogP contribution < -0.4 is 5.73 Å². The molecule has 3 unspecified atom stereocenters. The lowest BCUT2D eigenvalue weighted by Gasteiger charge is -2.34. The zero-order valence-corrected chi connectivity index (χ0v) is 10.1. The molecule has 88 valence electrons. The normalized spacial score (nSPS) is 32.4. The Bertz CT molecular complexity index is 193. The van der Waals surface area contributed by atoms with Crippen molar-refractivity contribution in [3.05, 3.63) is 0 Å². The van der Waals surface area contributed by atoms with Crippen LogP contribution in [-0.2, 0) is 0 Å². The first kappa shape index (κ1) is 11.4. The smallest absolute Gasteiger partial charge is 0.0221 e. The lowest BCUT2D eigenvalue weighted by atomic mass is 10.0. The lowest BCUT2D eigenvalue weighted by Crippen LogP contribution is -2.45. The third kappa shape index (κ3) is 2.54. The summed E-state index contributed by atoms with van der Waals surface area (Å²) in [6, 6.07) is 1.58. The van der Waals surface area contributed by atoms with E-state index in [1.165, 1.54) is 51.5 Å². The van der Waals surface area contributed by atoms with Gasteiger partial charge in [-0.3, -0.25) is 4.90 Å². The Morgan fingerprint density at radius 2 is 2.20 bits per heavy atom. The van der Waals surface area contributed by atoms with Crippen LogP contribution in [-0.4, -0.2) is 30.1 Å². The van der Waals surface area contributed by atoms with E-state index in [9.17, 15) is 0 Å². The number of hydrogen-bond donors (Lipinski definition) is 1. The van der Waals surface area contributed by atoms with Crippen LogP contribution in [0.2, 0.25) is 0 Å². The molecule has 0 aromatic carbocycles. The Morgan fingerprint density at radius 1 is 1.33 bits per heavy atom. The van der Waals surface area contributed by atoms with Gasteiger partial charge in [0.2, 0.25) is 0 Å². The molecule has 1 saturated heterocycles. The van der Waals surface area contributed by atoms with Crippen molar-refractivity contribution >= 4 is 0 Å². The number of unbranched alkanes of at least 4 members (excludes halogenated alkanes) is 2. The van der Waals surface area contributed by atoms with Gasteiger partial charge in [0.05, 0.1) is 0 Å². The Hall–Kier alpha value is -0.0800. The Kier molecular flexibility index (Phi) is 4.04. The van der Waals surface area contributed by atoms with Crippen molar-refractivity contribution in [1.29, 1.82) is 0 Å². The summed E-state index contributed by atoms with van der Waals surface area (Å²) >= 11 is 0. The van der Waals surface area contributed by atoms with E-state index in [1.54, 1.807) is 0 Å². The van der Waals surface area contributed by atoms with E-state index in [-0.39, 0.29) is 0 Å². The van der Waals surface area contributed by atoms with Crippen LogP contribution in [0.4, 0.5) is 0 Å². The summed E-state index contributed by atoms with van der Waals surface area (Å²) in [7, 11) is 0. The fraction of sp³-hybridized carbons (Fsp3) is 1.00. The molecule has 3 atom stereocenters. The molecule has 2 N–H and O–H groups in total. The Morgan fingerprint density at radius 3 is 2.73 bits per heavy atom. The molecule has 2 bridgehead atoms. The van der Waals surface area contributed by atoms with E-state index >= 15 is 0 Å². The van der Waals surface area contributed by atoms with Crippen molar-refractivity contribution in [3.63, 3.8) is 0 Å². The van der Waals surface area contributed by atoms with Crippen molar-refractivity contribution in [1.82, 2.24) is 4.90 Å². The largest absolute Gasteiger partial charge is 0.329 e. The summed E-state index contributed by atoms with van der Waals surface area (Å²) in [5.74, 6) is 1.01. The van der Waals surface area contributed by atoms with Crippen molar-refractivity contribution in [2.24, 2.45) is 11.7 Å². The van der Waals surface area contributed by atoms with Gasteiger partial charge in [0.1, 0.15) is 0 Å². The van der Waals surface area contributed by atoms with Crippen LogP contribution in [0, 0.1) is 5.92 Å². The highest BCUT2D eigenvalue weighted by molar-refractivity contribution is 4.95. The van der Waals surface area contributed by atoms with Crippen LogP contribution in [0.1, 0.15) is 51.9 Å². The van der Waals surface area contributed by atoms with E-state index in [2.05, 4.69) is 11.8 Å². The van der Waals surface area contributed by atoms with Gasteiger partial charge in [-0.05, 0) is 31.6 Å². The number of hydrogen-bond acceptors (Lipinski definition) is 2. The van der Waals surface area contributed by atoms with Gasteiger partial charge in [0.15, 0.2) is 0 Å². The monoisotopic (exact) mass is 210 g/mol. The van der Waals surface area contributed by atoms with E-state index in [1.807, 2.05) is 0 Å². The molecule has 15 heavy (non-hydrogen) atoms. The molecular formula is C13H26N2. The number of rotatable bonds is 6. The molecule has 0 aromatic heterocycles. The molecule has 0 amide bonds. The number of nitrogens with two attached hydrogens (primary N) is 1. The minimum absolute atomic E-state index is 0.687. The first-order chi connectivity index (χ1) is 7.35. The first-order valence-corrected chi connectivity index (χ1v) is 6.81. The molecule has 2 heteroatoms. The second kappa shape index (κ2) is 5.31. The average molecular weight is 210 g/mol. The average Bonchev–Trinajstić information content (AvgIpc) is 2.86. The van der Waals surface area contributed by atoms with E-state index in [4.69, 9.17) is 5.73 Å². The Balaban J connectivity index is 1.79. The molecule has 1 aliphatic heterocycles. The third-order valence-corrected chi connectivity index (χ3v) is 4.33. The van der Waals surface area contributed by atoms with Gasteiger partial charge in [-0.25, -0.2) is 0 Å². The van der Waals surface area contributed by atoms with Gasteiger partial charge in [0.25, 0.3) is 0 Å². The summed E-state index contributed by atoms with van der Waals surface area (Å²) in [5, 5.41) is 0. The van der Waals surface area contributed by atoms with Gasteiger partial charge in [0, 0.05) is 25.2 Å². The number of nitrogens with zero attached hydrogens (tertiary/aromatic N) is 1. The topological polar surface area (TPSA) is 29.3 Å². The quantitative estimate of drug-likeness (QED) is 0.682. The summed E-state index contributed by atoms with van der Waals surface area (Å²) in [5.41, 5.74) is 5.92. The van der Waals surface area contributed by atoms with Gasteiger partial charge in [-0.2, -0.15) is 0 Å². The maximum absolute atomic E-state index is 5.92. The highest BCUT2D eigenvalue weighted by atomic mass is 15.2. The van der Waals surface area contributed by atoms with E-state index in [0.29, 0.717) is 6.04 Å². The van der Waals surface area contributed by atoms with Crippen LogP contribution in [0.5, 0.6) is 0 Å². The molecule has 1 aliphatic carbocycles. The number of likely N-dealkylation sites (tertiary alicyclic amines) is 1. The van der Waals surface area contributed by atoms with Crippen molar-refractivity contribution < 1.29 is 0 Å². The fourth-order valence-electron chi connectivity index (χ4n) is 3.46. The summed E-state index contributed by atoms with van der Waals surface area (Å²) in [4.78, 5) is 2.73. The highest BCUT2D eigenvalue weighted by Gasteiger charge is 2.40. The molecule has 2 nitrogen and oxygen atoms in total. The molecular weight excluding hydrogens is 184 g/mol. The Labute approximate surface area is 94.2 Å². The van der Waals surface area contributed by atoms with Crippen LogP contribution in [0.25, 0.3) is 0 Å². The zero-order chi connectivity index (χ0) is 10.7. The minimum atomic E-state index is 0.687. The van der Waals surface area contributed by atoms with Gasteiger partial charge in [-0.15, -0.1) is 0 Å². The summed E-state index contributed by atoms with van der Waals surface area (Å²) in [6.45, 7) is 4.49. The first-order valence-electron chi connectivity index (χ1n) is 6.81. The predicted molar refractivity (Wildman–Crippen MR) is 64.8 cm³/mol. The second-order valence-corrected chi connectivity index (χ2v) is 5.42. The molecule has 2 rings (SSSR count).